The fraction of sp³-hybridized carbons (Fsp3) is 0.538. The lowest BCUT2D eigenvalue weighted by molar-refractivity contribution is -0.132. The Labute approximate surface area is 118 Å². The predicted molar refractivity (Wildman–Crippen MR) is 76.4 cm³/mol. The number of likely N-dealkylation sites (tertiary alicyclic amines) is 1. The first-order valence-corrected chi connectivity index (χ1v) is 6.35. The van der Waals surface area contributed by atoms with Gasteiger partial charge in [0.25, 0.3) is 5.56 Å². The van der Waals surface area contributed by atoms with Gasteiger partial charge in [-0.3, -0.25) is 9.59 Å². The molecule has 1 aromatic rings. The SMILES string of the molecule is Cl.NC1CCCN(C(=O)CCn2ccccc2=O)C1. The minimum absolute atomic E-state index is 0. The summed E-state index contributed by atoms with van der Waals surface area (Å²) in [4.78, 5) is 25.3. The zero-order valence-corrected chi connectivity index (χ0v) is 11.6. The maximum Gasteiger partial charge on any atom is 0.250 e. The van der Waals surface area contributed by atoms with Crippen molar-refractivity contribution in [3.05, 3.63) is 34.7 Å². The summed E-state index contributed by atoms with van der Waals surface area (Å²) in [6.45, 7) is 1.86. The second-order valence-electron chi connectivity index (χ2n) is 4.72. The van der Waals surface area contributed by atoms with Crippen molar-refractivity contribution >= 4 is 18.3 Å². The van der Waals surface area contributed by atoms with E-state index in [1.54, 1.807) is 22.9 Å². The van der Waals surface area contributed by atoms with Crippen molar-refractivity contribution in [1.82, 2.24) is 9.47 Å². The molecule has 1 atom stereocenters. The third kappa shape index (κ3) is 4.36. The number of nitrogens with two attached hydrogens (primary N) is 1. The van der Waals surface area contributed by atoms with E-state index in [1.165, 1.54) is 6.07 Å². The van der Waals surface area contributed by atoms with Crippen molar-refractivity contribution in [1.29, 1.82) is 0 Å². The van der Waals surface area contributed by atoms with E-state index in [4.69, 9.17) is 5.73 Å². The molecular weight excluding hydrogens is 266 g/mol. The van der Waals surface area contributed by atoms with Crippen molar-refractivity contribution in [2.75, 3.05) is 13.1 Å². The van der Waals surface area contributed by atoms with E-state index in [9.17, 15) is 9.59 Å². The molecule has 1 aliphatic heterocycles. The van der Waals surface area contributed by atoms with E-state index >= 15 is 0 Å². The smallest absolute Gasteiger partial charge is 0.250 e. The first kappa shape index (κ1) is 15.7. The molecule has 0 aromatic carbocycles. The number of carbonyl (C=O) groups excluding carboxylic acids is 1. The number of hydrogen-bond acceptors (Lipinski definition) is 3. The van der Waals surface area contributed by atoms with Gasteiger partial charge in [0.2, 0.25) is 5.91 Å². The Kier molecular flexibility index (Phi) is 6.05. The van der Waals surface area contributed by atoms with Gasteiger partial charge in [0.15, 0.2) is 0 Å². The Balaban J connectivity index is 0.00000180. The van der Waals surface area contributed by atoms with Gasteiger partial charge in [0, 0.05) is 44.4 Å². The van der Waals surface area contributed by atoms with Gasteiger partial charge < -0.3 is 15.2 Å². The predicted octanol–water partition coefficient (Wildman–Crippen LogP) is 0.610. The Morgan fingerprint density at radius 1 is 1.42 bits per heavy atom. The summed E-state index contributed by atoms with van der Waals surface area (Å²) in [5.74, 6) is 0.0842. The van der Waals surface area contributed by atoms with E-state index in [2.05, 4.69) is 0 Å². The van der Waals surface area contributed by atoms with Crippen molar-refractivity contribution < 1.29 is 4.79 Å². The van der Waals surface area contributed by atoms with Crippen LogP contribution in [0.3, 0.4) is 0 Å². The van der Waals surface area contributed by atoms with Crippen LogP contribution >= 0.6 is 12.4 Å². The molecule has 0 bridgehead atoms. The van der Waals surface area contributed by atoms with Gasteiger partial charge in [-0.25, -0.2) is 0 Å². The van der Waals surface area contributed by atoms with E-state index in [0.717, 1.165) is 19.4 Å². The standard InChI is InChI=1S/C13H19N3O2.ClH/c14-11-4-3-8-16(10-11)13(18)6-9-15-7-2-1-5-12(15)17;/h1-2,5,7,11H,3-4,6,8-10,14H2;1H. The van der Waals surface area contributed by atoms with Crippen molar-refractivity contribution in [2.45, 2.75) is 31.8 Å². The lowest BCUT2D eigenvalue weighted by Crippen LogP contribution is -2.46. The third-order valence-corrected chi connectivity index (χ3v) is 3.28. The maximum absolute atomic E-state index is 12.0. The molecule has 1 saturated heterocycles. The average Bonchev–Trinajstić information content (AvgIpc) is 2.37. The molecule has 1 aliphatic rings. The van der Waals surface area contributed by atoms with Crippen LogP contribution in [0, 0.1) is 0 Å². The van der Waals surface area contributed by atoms with Gasteiger partial charge in [-0.1, -0.05) is 6.07 Å². The Morgan fingerprint density at radius 3 is 2.89 bits per heavy atom. The molecule has 2 rings (SSSR count). The number of pyridine rings is 1. The molecule has 0 spiro atoms. The molecular formula is C13H20ClN3O2. The highest BCUT2D eigenvalue weighted by Gasteiger charge is 2.20. The second-order valence-corrected chi connectivity index (χ2v) is 4.72. The van der Waals surface area contributed by atoms with E-state index in [1.807, 2.05) is 4.90 Å². The van der Waals surface area contributed by atoms with Gasteiger partial charge in [0.1, 0.15) is 0 Å². The highest BCUT2D eigenvalue weighted by molar-refractivity contribution is 5.85. The normalized spacial score (nSPS) is 18.8. The summed E-state index contributed by atoms with van der Waals surface area (Å²) in [5.41, 5.74) is 5.78. The quantitative estimate of drug-likeness (QED) is 0.885. The molecule has 1 fully saturated rings. The highest BCUT2D eigenvalue weighted by atomic mass is 35.5. The minimum atomic E-state index is -0.0688. The number of aromatic nitrogens is 1. The van der Waals surface area contributed by atoms with Crippen molar-refractivity contribution in [3.63, 3.8) is 0 Å². The number of piperidine rings is 1. The van der Waals surface area contributed by atoms with Crippen LogP contribution in [0.1, 0.15) is 19.3 Å². The summed E-state index contributed by atoms with van der Waals surface area (Å²) in [5, 5.41) is 0. The number of aryl methyl sites for hydroxylation is 1. The van der Waals surface area contributed by atoms with Gasteiger partial charge in [0.05, 0.1) is 0 Å². The fourth-order valence-electron chi connectivity index (χ4n) is 2.26. The monoisotopic (exact) mass is 285 g/mol. The molecule has 2 heterocycles. The summed E-state index contributed by atoms with van der Waals surface area (Å²) in [6, 6.07) is 5.09. The van der Waals surface area contributed by atoms with Gasteiger partial charge in [-0.2, -0.15) is 0 Å². The first-order valence-electron chi connectivity index (χ1n) is 6.35. The van der Waals surface area contributed by atoms with Crippen LogP contribution in [0.25, 0.3) is 0 Å². The van der Waals surface area contributed by atoms with Crippen LogP contribution in [0.4, 0.5) is 0 Å². The molecule has 106 valence electrons. The number of halogens is 1. The third-order valence-electron chi connectivity index (χ3n) is 3.28. The molecule has 6 heteroatoms. The van der Waals surface area contributed by atoms with Gasteiger partial charge in [-0.15, -0.1) is 12.4 Å². The maximum atomic E-state index is 12.0. The van der Waals surface area contributed by atoms with Crippen LogP contribution in [-0.2, 0) is 11.3 Å². The molecule has 5 nitrogen and oxygen atoms in total. The number of carbonyl (C=O) groups is 1. The minimum Gasteiger partial charge on any atom is -0.341 e. The summed E-state index contributed by atoms with van der Waals surface area (Å²) < 4.78 is 1.56. The number of amides is 1. The van der Waals surface area contributed by atoms with Crippen LogP contribution in [0.2, 0.25) is 0 Å². The molecule has 1 amide bonds. The highest BCUT2D eigenvalue weighted by Crippen LogP contribution is 2.09. The molecule has 2 N–H and O–H groups in total. The Hall–Kier alpha value is -1.33. The molecule has 0 saturated carbocycles. The first-order chi connectivity index (χ1) is 8.66. The van der Waals surface area contributed by atoms with Crippen molar-refractivity contribution in [3.8, 4) is 0 Å². The number of hydrogen-bond donors (Lipinski definition) is 1. The molecule has 1 aromatic heterocycles. The summed E-state index contributed by atoms with van der Waals surface area (Å²) in [6.07, 6.45) is 4.02. The van der Waals surface area contributed by atoms with Crippen molar-refractivity contribution in [2.24, 2.45) is 5.73 Å². The lowest BCUT2D eigenvalue weighted by atomic mass is 10.1. The molecule has 1 unspecified atom stereocenters. The summed E-state index contributed by atoms with van der Waals surface area (Å²) >= 11 is 0. The topological polar surface area (TPSA) is 68.3 Å². The van der Waals surface area contributed by atoms with E-state index in [0.29, 0.717) is 19.5 Å². The zero-order chi connectivity index (χ0) is 13.0. The average molecular weight is 286 g/mol. The van der Waals surface area contributed by atoms with Gasteiger partial charge in [-0.05, 0) is 18.9 Å². The lowest BCUT2D eigenvalue weighted by Gasteiger charge is -2.30. The van der Waals surface area contributed by atoms with Crippen LogP contribution in [-0.4, -0.2) is 34.5 Å². The van der Waals surface area contributed by atoms with Crippen LogP contribution in [0.15, 0.2) is 29.2 Å². The van der Waals surface area contributed by atoms with E-state index < -0.39 is 0 Å². The molecule has 19 heavy (non-hydrogen) atoms. The van der Waals surface area contributed by atoms with Crippen LogP contribution in [0.5, 0.6) is 0 Å². The molecule has 0 aliphatic carbocycles. The Morgan fingerprint density at radius 2 is 2.21 bits per heavy atom. The zero-order valence-electron chi connectivity index (χ0n) is 10.8. The Bertz CT molecular complexity index is 475. The number of rotatable bonds is 3. The van der Waals surface area contributed by atoms with Gasteiger partial charge >= 0.3 is 0 Å². The largest absolute Gasteiger partial charge is 0.341 e. The fourth-order valence-corrected chi connectivity index (χ4v) is 2.26. The second kappa shape index (κ2) is 7.31. The number of nitrogens with zero attached hydrogens (tertiary/aromatic N) is 2. The van der Waals surface area contributed by atoms with E-state index in [-0.39, 0.29) is 29.9 Å². The van der Waals surface area contributed by atoms with Crippen LogP contribution < -0.4 is 11.3 Å². The summed E-state index contributed by atoms with van der Waals surface area (Å²) in [7, 11) is 0. The molecule has 0 radical (unpaired) electrons.